The predicted octanol–water partition coefficient (Wildman–Crippen LogP) is 3.65. The summed E-state index contributed by atoms with van der Waals surface area (Å²) in [5, 5.41) is 9.18. The molecule has 0 spiro atoms. The topological polar surface area (TPSA) is 59.4 Å². The minimum Gasteiger partial charge on any atom is -0.478 e. The van der Waals surface area contributed by atoms with Gasteiger partial charge in [0.15, 0.2) is 0 Å². The average molecular weight is 277 g/mol. The minimum atomic E-state index is -0.943. The molecule has 0 saturated heterocycles. The third-order valence-electron chi connectivity index (χ3n) is 3.82. The number of carboxylic acids is 1. The Morgan fingerprint density at radius 3 is 2.60 bits per heavy atom. The van der Waals surface area contributed by atoms with Gasteiger partial charge in [0.05, 0.1) is 17.9 Å². The van der Waals surface area contributed by atoms with Gasteiger partial charge >= 0.3 is 5.97 Å². The van der Waals surface area contributed by atoms with Crippen molar-refractivity contribution >= 4 is 5.97 Å². The van der Waals surface area contributed by atoms with Gasteiger partial charge in [-0.2, -0.15) is 0 Å². The van der Waals surface area contributed by atoms with E-state index in [2.05, 4.69) is 4.98 Å². The molecule has 4 heteroatoms. The molecular weight excluding hydrogens is 254 g/mol. The van der Waals surface area contributed by atoms with E-state index in [1.165, 1.54) is 25.3 Å². The molecule has 1 aromatic rings. The van der Waals surface area contributed by atoms with E-state index >= 15 is 0 Å². The number of nitrogens with zero attached hydrogens (tertiary/aromatic N) is 1. The Labute approximate surface area is 120 Å². The van der Waals surface area contributed by atoms with Crippen LogP contribution in [0.4, 0.5) is 0 Å². The van der Waals surface area contributed by atoms with Gasteiger partial charge in [-0.3, -0.25) is 0 Å². The number of carboxylic acid groups (broad SMARTS) is 1. The normalized spacial score (nSPS) is 15.8. The van der Waals surface area contributed by atoms with Crippen molar-refractivity contribution < 1.29 is 14.6 Å². The quantitative estimate of drug-likeness (QED) is 0.892. The van der Waals surface area contributed by atoms with Crippen LogP contribution in [-0.4, -0.2) is 22.7 Å². The van der Waals surface area contributed by atoms with Crippen molar-refractivity contribution in [1.29, 1.82) is 0 Å². The summed E-state index contributed by atoms with van der Waals surface area (Å²) in [6, 6.07) is 3.14. The monoisotopic (exact) mass is 277 g/mol. The summed E-state index contributed by atoms with van der Waals surface area (Å²) in [7, 11) is 0. The van der Waals surface area contributed by atoms with Gasteiger partial charge in [-0.05, 0) is 18.4 Å². The molecule has 2 rings (SSSR count). The summed E-state index contributed by atoms with van der Waals surface area (Å²) in [5.41, 5.74) is 0.789. The molecule has 1 aromatic heterocycles. The minimum absolute atomic E-state index is 0.197. The lowest BCUT2D eigenvalue weighted by atomic mass is 9.83. The molecule has 0 amide bonds. The van der Waals surface area contributed by atoms with E-state index in [-0.39, 0.29) is 11.0 Å². The zero-order valence-corrected chi connectivity index (χ0v) is 12.5. The molecule has 1 aliphatic rings. The molecule has 0 unspecified atom stereocenters. The molecule has 0 aliphatic heterocycles. The Kier molecular flexibility index (Phi) is 4.31. The predicted molar refractivity (Wildman–Crippen MR) is 77.3 cm³/mol. The van der Waals surface area contributed by atoms with Gasteiger partial charge in [-0.1, -0.05) is 40.0 Å². The van der Waals surface area contributed by atoms with Crippen molar-refractivity contribution in [3.8, 4) is 5.88 Å². The molecule has 0 atom stereocenters. The van der Waals surface area contributed by atoms with Crippen LogP contribution >= 0.6 is 0 Å². The van der Waals surface area contributed by atoms with Crippen LogP contribution in [-0.2, 0) is 5.41 Å². The van der Waals surface area contributed by atoms with Crippen LogP contribution in [0.25, 0.3) is 0 Å². The zero-order valence-electron chi connectivity index (χ0n) is 12.5. The largest absolute Gasteiger partial charge is 0.478 e. The number of aromatic carboxylic acids is 1. The second kappa shape index (κ2) is 5.81. The van der Waals surface area contributed by atoms with E-state index in [1.54, 1.807) is 6.07 Å². The third-order valence-corrected chi connectivity index (χ3v) is 3.82. The number of carbonyl (C=O) groups is 1. The maximum atomic E-state index is 11.2. The van der Waals surface area contributed by atoms with Gasteiger partial charge in [0, 0.05) is 11.5 Å². The van der Waals surface area contributed by atoms with Crippen molar-refractivity contribution in [2.75, 3.05) is 6.61 Å². The van der Waals surface area contributed by atoms with Crippen molar-refractivity contribution in [2.24, 2.45) is 5.92 Å². The second-order valence-electron chi connectivity index (χ2n) is 6.57. The zero-order chi connectivity index (χ0) is 14.8. The van der Waals surface area contributed by atoms with Crippen LogP contribution in [0.2, 0.25) is 0 Å². The standard InChI is InChI=1S/C16H23NO3/c1-16(2,3)13-9-12(15(18)19)10-14(17-13)20-8-7-11-5-4-6-11/h9-11H,4-8H2,1-3H3,(H,18,19). The van der Waals surface area contributed by atoms with E-state index in [0.717, 1.165) is 18.0 Å². The third kappa shape index (κ3) is 3.71. The second-order valence-corrected chi connectivity index (χ2v) is 6.57. The molecule has 1 N–H and O–H groups in total. The molecule has 0 aromatic carbocycles. The Morgan fingerprint density at radius 1 is 1.40 bits per heavy atom. The molecule has 110 valence electrons. The first-order chi connectivity index (χ1) is 9.36. The van der Waals surface area contributed by atoms with Crippen LogP contribution in [0.1, 0.15) is 62.5 Å². The van der Waals surface area contributed by atoms with E-state index in [9.17, 15) is 9.90 Å². The molecule has 1 aliphatic carbocycles. The first-order valence-corrected chi connectivity index (χ1v) is 7.25. The number of rotatable bonds is 5. The lowest BCUT2D eigenvalue weighted by Gasteiger charge is -2.25. The van der Waals surface area contributed by atoms with E-state index < -0.39 is 5.97 Å². The van der Waals surface area contributed by atoms with E-state index in [0.29, 0.717) is 12.5 Å². The van der Waals surface area contributed by atoms with Gasteiger partial charge in [-0.25, -0.2) is 9.78 Å². The van der Waals surface area contributed by atoms with Crippen molar-refractivity contribution in [3.05, 3.63) is 23.4 Å². The SMILES string of the molecule is CC(C)(C)c1cc(C(=O)O)cc(OCCC2CCC2)n1. The van der Waals surface area contributed by atoms with Gasteiger partial charge in [0.1, 0.15) is 0 Å². The highest BCUT2D eigenvalue weighted by atomic mass is 16.5. The number of aromatic nitrogens is 1. The smallest absolute Gasteiger partial charge is 0.335 e. The number of pyridine rings is 1. The summed E-state index contributed by atoms with van der Waals surface area (Å²) in [6.45, 7) is 6.65. The van der Waals surface area contributed by atoms with Crippen LogP contribution in [0.15, 0.2) is 12.1 Å². The molecule has 1 saturated carbocycles. The number of hydrogen-bond acceptors (Lipinski definition) is 3. The van der Waals surface area contributed by atoms with E-state index in [4.69, 9.17) is 4.74 Å². The first kappa shape index (κ1) is 14.8. The van der Waals surface area contributed by atoms with Gasteiger partial charge in [0.2, 0.25) is 5.88 Å². The molecular formula is C16H23NO3. The number of hydrogen-bond donors (Lipinski definition) is 1. The Bertz CT molecular complexity index is 487. The van der Waals surface area contributed by atoms with Crippen LogP contribution in [0.3, 0.4) is 0 Å². The molecule has 1 heterocycles. The molecule has 20 heavy (non-hydrogen) atoms. The Morgan fingerprint density at radius 2 is 2.10 bits per heavy atom. The highest BCUT2D eigenvalue weighted by Crippen LogP contribution is 2.29. The summed E-state index contributed by atoms with van der Waals surface area (Å²) < 4.78 is 5.66. The van der Waals surface area contributed by atoms with Crippen molar-refractivity contribution in [3.63, 3.8) is 0 Å². The molecule has 4 nitrogen and oxygen atoms in total. The Hall–Kier alpha value is -1.58. The van der Waals surface area contributed by atoms with Gasteiger partial charge in [0.25, 0.3) is 0 Å². The maximum Gasteiger partial charge on any atom is 0.335 e. The first-order valence-electron chi connectivity index (χ1n) is 7.25. The highest BCUT2D eigenvalue weighted by Gasteiger charge is 2.20. The van der Waals surface area contributed by atoms with Gasteiger partial charge in [-0.15, -0.1) is 0 Å². The fraction of sp³-hybridized carbons (Fsp3) is 0.625. The van der Waals surface area contributed by atoms with Gasteiger partial charge < -0.3 is 9.84 Å². The summed E-state index contributed by atoms with van der Waals surface area (Å²) in [5.74, 6) is 0.260. The fourth-order valence-electron chi connectivity index (χ4n) is 2.20. The summed E-state index contributed by atoms with van der Waals surface area (Å²) in [4.78, 5) is 15.6. The average Bonchev–Trinajstić information content (AvgIpc) is 2.31. The summed E-state index contributed by atoms with van der Waals surface area (Å²) in [6.07, 6.45) is 4.94. The van der Waals surface area contributed by atoms with Crippen molar-refractivity contribution in [2.45, 2.75) is 51.9 Å². The molecule has 1 fully saturated rings. The van der Waals surface area contributed by atoms with Crippen molar-refractivity contribution in [1.82, 2.24) is 4.98 Å². The molecule has 0 bridgehead atoms. The van der Waals surface area contributed by atoms with Crippen LogP contribution < -0.4 is 4.74 Å². The number of ether oxygens (including phenoxy) is 1. The molecule has 0 radical (unpaired) electrons. The fourth-order valence-corrected chi connectivity index (χ4v) is 2.20. The highest BCUT2D eigenvalue weighted by molar-refractivity contribution is 5.88. The Balaban J connectivity index is 2.09. The van der Waals surface area contributed by atoms with Crippen LogP contribution in [0.5, 0.6) is 5.88 Å². The lowest BCUT2D eigenvalue weighted by molar-refractivity contribution is 0.0695. The summed E-state index contributed by atoms with van der Waals surface area (Å²) >= 11 is 0. The van der Waals surface area contributed by atoms with Crippen LogP contribution in [0, 0.1) is 5.92 Å². The van der Waals surface area contributed by atoms with E-state index in [1.807, 2.05) is 20.8 Å². The maximum absolute atomic E-state index is 11.2. The lowest BCUT2D eigenvalue weighted by Crippen LogP contribution is -2.17.